The maximum absolute atomic E-state index is 12.0. The standard InChI is InChI=1S/C12H17N3O5S/c1-13-5-10(17)14(12(13)20)4-2-3-9(16)15-7-21-6-8(15)11(18)19/h8H,2-7H2,1H3,(H,18,19). The molecular weight excluding hydrogens is 298 g/mol. The highest BCUT2D eigenvalue weighted by atomic mass is 32.2. The van der Waals surface area contributed by atoms with E-state index in [1.165, 1.54) is 21.6 Å². The average molecular weight is 315 g/mol. The first-order valence-corrected chi connectivity index (χ1v) is 7.72. The van der Waals surface area contributed by atoms with Gasteiger partial charge in [0.05, 0.1) is 5.88 Å². The Morgan fingerprint density at radius 2 is 2.10 bits per heavy atom. The van der Waals surface area contributed by atoms with Crippen LogP contribution in [0.25, 0.3) is 0 Å². The van der Waals surface area contributed by atoms with E-state index in [0.29, 0.717) is 18.1 Å². The van der Waals surface area contributed by atoms with Crippen LogP contribution in [0.3, 0.4) is 0 Å². The molecule has 0 saturated carbocycles. The second-order valence-electron chi connectivity index (χ2n) is 5.01. The van der Waals surface area contributed by atoms with Crippen LogP contribution in [0.15, 0.2) is 0 Å². The molecule has 0 spiro atoms. The number of carboxylic acid groups (broad SMARTS) is 1. The smallest absolute Gasteiger partial charge is 0.327 e. The number of nitrogens with zero attached hydrogens (tertiary/aromatic N) is 3. The molecule has 21 heavy (non-hydrogen) atoms. The number of likely N-dealkylation sites (N-methyl/N-ethyl adjacent to an activating group) is 1. The molecule has 0 radical (unpaired) electrons. The molecule has 2 aliphatic rings. The Labute approximate surface area is 126 Å². The van der Waals surface area contributed by atoms with Gasteiger partial charge in [0.2, 0.25) is 11.8 Å². The molecule has 0 aromatic heterocycles. The summed E-state index contributed by atoms with van der Waals surface area (Å²) < 4.78 is 0. The van der Waals surface area contributed by atoms with E-state index in [9.17, 15) is 19.2 Å². The number of carbonyl (C=O) groups is 4. The van der Waals surface area contributed by atoms with Gasteiger partial charge in [0, 0.05) is 25.8 Å². The lowest BCUT2D eigenvalue weighted by atomic mass is 10.2. The molecule has 2 fully saturated rings. The van der Waals surface area contributed by atoms with Crippen molar-refractivity contribution in [2.24, 2.45) is 0 Å². The van der Waals surface area contributed by atoms with E-state index in [1.807, 2.05) is 0 Å². The maximum Gasteiger partial charge on any atom is 0.327 e. The SMILES string of the molecule is CN1CC(=O)N(CCCC(=O)N2CSCC2C(=O)O)C1=O. The van der Waals surface area contributed by atoms with Crippen LogP contribution in [-0.2, 0) is 14.4 Å². The Balaban J connectivity index is 1.81. The molecule has 0 aromatic carbocycles. The van der Waals surface area contributed by atoms with Crippen LogP contribution >= 0.6 is 11.8 Å². The molecule has 1 N–H and O–H groups in total. The Hall–Kier alpha value is -1.77. The fraction of sp³-hybridized carbons (Fsp3) is 0.667. The predicted octanol–water partition coefficient (Wildman–Crippen LogP) is -0.353. The second kappa shape index (κ2) is 6.33. The summed E-state index contributed by atoms with van der Waals surface area (Å²) >= 11 is 1.41. The number of thioether (sulfide) groups is 1. The van der Waals surface area contributed by atoms with E-state index in [4.69, 9.17) is 5.11 Å². The predicted molar refractivity (Wildman–Crippen MR) is 74.6 cm³/mol. The van der Waals surface area contributed by atoms with Crippen molar-refractivity contribution in [2.75, 3.05) is 31.8 Å². The van der Waals surface area contributed by atoms with Crippen LogP contribution in [0, 0.1) is 0 Å². The number of urea groups is 1. The molecule has 0 aliphatic carbocycles. The van der Waals surface area contributed by atoms with E-state index in [0.717, 1.165) is 4.90 Å². The molecule has 2 saturated heterocycles. The fourth-order valence-corrected chi connectivity index (χ4v) is 3.49. The van der Waals surface area contributed by atoms with Gasteiger partial charge < -0.3 is 14.9 Å². The second-order valence-corrected chi connectivity index (χ2v) is 6.00. The number of imide groups is 1. The molecule has 1 atom stereocenters. The summed E-state index contributed by atoms with van der Waals surface area (Å²) in [4.78, 5) is 50.0. The van der Waals surface area contributed by atoms with Gasteiger partial charge in [-0.05, 0) is 6.42 Å². The minimum atomic E-state index is -1.00. The van der Waals surface area contributed by atoms with E-state index >= 15 is 0 Å². The van der Waals surface area contributed by atoms with Crippen LogP contribution in [0.1, 0.15) is 12.8 Å². The number of carbonyl (C=O) groups excluding carboxylic acids is 3. The lowest BCUT2D eigenvalue weighted by Crippen LogP contribution is -2.42. The Kier molecular flexibility index (Phi) is 4.71. The molecule has 9 heteroatoms. The van der Waals surface area contributed by atoms with E-state index in [-0.39, 0.29) is 37.4 Å². The first-order chi connectivity index (χ1) is 9.91. The molecule has 116 valence electrons. The highest BCUT2D eigenvalue weighted by Crippen LogP contribution is 2.22. The average Bonchev–Trinajstić information content (AvgIpc) is 2.99. The van der Waals surface area contributed by atoms with Gasteiger partial charge in [-0.15, -0.1) is 11.8 Å². The topological polar surface area (TPSA) is 98.2 Å². The van der Waals surface area contributed by atoms with E-state index in [2.05, 4.69) is 0 Å². The van der Waals surface area contributed by atoms with Crippen LogP contribution in [0.5, 0.6) is 0 Å². The summed E-state index contributed by atoms with van der Waals surface area (Å²) in [5, 5.41) is 9.02. The number of hydrogen-bond donors (Lipinski definition) is 1. The molecule has 1 unspecified atom stereocenters. The third-order valence-corrected chi connectivity index (χ3v) is 4.50. The molecule has 8 nitrogen and oxygen atoms in total. The summed E-state index contributed by atoms with van der Waals surface area (Å²) in [6.07, 6.45) is 0.475. The maximum atomic E-state index is 12.0. The molecule has 2 rings (SSSR count). The monoisotopic (exact) mass is 315 g/mol. The first kappa shape index (κ1) is 15.6. The quantitative estimate of drug-likeness (QED) is 0.696. The zero-order chi connectivity index (χ0) is 15.6. The van der Waals surface area contributed by atoms with Gasteiger partial charge in [0.1, 0.15) is 12.6 Å². The van der Waals surface area contributed by atoms with Crippen molar-refractivity contribution in [2.45, 2.75) is 18.9 Å². The number of amides is 4. The summed E-state index contributed by atoms with van der Waals surface area (Å²) in [7, 11) is 1.55. The van der Waals surface area contributed by atoms with Crippen molar-refractivity contribution >= 4 is 35.6 Å². The summed E-state index contributed by atoms with van der Waals surface area (Å²) in [5.41, 5.74) is 0. The third-order valence-electron chi connectivity index (χ3n) is 3.49. The Bertz CT molecular complexity index is 484. The van der Waals surface area contributed by atoms with Crippen molar-refractivity contribution in [3.05, 3.63) is 0 Å². The Morgan fingerprint density at radius 1 is 1.38 bits per heavy atom. The molecule has 4 amide bonds. The number of hydrogen-bond acceptors (Lipinski definition) is 5. The van der Waals surface area contributed by atoms with Gasteiger partial charge in [0.25, 0.3) is 0 Å². The zero-order valence-corrected chi connectivity index (χ0v) is 12.5. The van der Waals surface area contributed by atoms with Crippen LogP contribution < -0.4 is 0 Å². The van der Waals surface area contributed by atoms with Crippen LogP contribution in [-0.4, -0.2) is 81.4 Å². The van der Waals surface area contributed by atoms with Crippen molar-refractivity contribution < 1.29 is 24.3 Å². The minimum absolute atomic E-state index is 0.0661. The normalized spacial score (nSPS) is 22.3. The van der Waals surface area contributed by atoms with Gasteiger partial charge in [-0.1, -0.05) is 0 Å². The van der Waals surface area contributed by atoms with Gasteiger partial charge >= 0.3 is 12.0 Å². The van der Waals surface area contributed by atoms with Gasteiger partial charge in [-0.25, -0.2) is 9.59 Å². The summed E-state index contributed by atoms with van der Waals surface area (Å²) in [5.74, 6) is -0.746. The van der Waals surface area contributed by atoms with Crippen LogP contribution in [0.2, 0.25) is 0 Å². The third kappa shape index (κ3) is 3.29. The summed E-state index contributed by atoms with van der Waals surface area (Å²) in [6, 6.07) is -1.13. The molecular formula is C12H17N3O5S. The molecule has 2 aliphatic heterocycles. The Morgan fingerprint density at radius 3 is 2.67 bits per heavy atom. The lowest BCUT2D eigenvalue weighted by molar-refractivity contribution is -0.147. The molecule has 0 aromatic rings. The van der Waals surface area contributed by atoms with Gasteiger partial charge in [-0.2, -0.15) is 0 Å². The van der Waals surface area contributed by atoms with Crippen LogP contribution in [0.4, 0.5) is 4.79 Å². The fourth-order valence-electron chi connectivity index (χ4n) is 2.31. The molecule has 2 heterocycles. The largest absolute Gasteiger partial charge is 0.480 e. The van der Waals surface area contributed by atoms with Crippen molar-refractivity contribution in [1.82, 2.24) is 14.7 Å². The van der Waals surface area contributed by atoms with E-state index < -0.39 is 12.0 Å². The van der Waals surface area contributed by atoms with Gasteiger partial charge in [0.15, 0.2) is 0 Å². The van der Waals surface area contributed by atoms with Crippen molar-refractivity contribution in [1.29, 1.82) is 0 Å². The lowest BCUT2D eigenvalue weighted by Gasteiger charge is -2.21. The molecule has 0 bridgehead atoms. The first-order valence-electron chi connectivity index (χ1n) is 6.57. The number of rotatable bonds is 5. The van der Waals surface area contributed by atoms with Crippen molar-refractivity contribution in [3.8, 4) is 0 Å². The highest BCUT2D eigenvalue weighted by molar-refractivity contribution is 7.99. The number of carboxylic acids is 1. The summed E-state index contributed by atoms with van der Waals surface area (Å²) in [6.45, 7) is 0.253. The zero-order valence-electron chi connectivity index (χ0n) is 11.7. The minimum Gasteiger partial charge on any atom is -0.480 e. The van der Waals surface area contributed by atoms with Crippen molar-refractivity contribution in [3.63, 3.8) is 0 Å². The van der Waals surface area contributed by atoms with E-state index in [1.54, 1.807) is 7.05 Å². The number of aliphatic carboxylic acids is 1. The van der Waals surface area contributed by atoms with Gasteiger partial charge in [-0.3, -0.25) is 14.5 Å². The highest BCUT2D eigenvalue weighted by Gasteiger charge is 2.35.